The van der Waals surface area contributed by atoms with Gasteiger partial charge >= 0.3 is 0 Å². The van der Waals surface area contributed by atoms with Crippen LogP contribution in [0.2, 0.25) is 0 Å². The van der Waals surface area contributed by atoms with Gasteiger partial charge in [0.25, 0.3) is 0 Å². The first-order valence-electron chi connectivity index (χ1n) is 5.28. The van der Waals surface area contributed by atoms with Gasteiger partial charge in [0, 0.05) is 5.56 Å². The summed E-state index contributed by atoms with van der Waals surface area (Å²) in [5, 5.41) is 0. The molecule has 0 fully saturated rings. The van der Waals surface area contributed by atoms with Crippen LogP contribution in [0, 0.1) is 6.92 Å². The number of fused-ring (bicyclic) bond motifs is 4. The summed E-state index contributed by atoms with van der Waals surface area (Å²) in [6.07, 6.45) is 1.92. The molecule has 0 amide bonds. The van der Waals surface area contributed by atoms with Crippen LogP contribution in [-0.4, -0.2) is 16.3 Å². The van der Waals surface area contributed by atoms with Crippen LogP contribution in [0.25, 0.3) is 11.3 Å². The van der Waals surface area contributed by atoms with Gasteiger partial charge < -0.3 is 14.0 Å². The van der Waals surface area contributed by atoms with E-state index >= 15 is 0 Å². The largest absolute Gasteiger partial charge is 0.454 e. The third kappa shape index (κ3) is 0.869. The molecule has 0 radical (unpaired) electrons. The Morgan fingerprint density at radius 2 is 2.06 bits per heavy atom. The minimum absolute atomic E-state index is 0.330. The molecule has 4 rings (SSSR count). The van der Waals surface area contributed by atoms with Crippen LogP contribution in [0.4, 0.5) is 0 Å². The fourth-order valence-corrected chi connectivity index (χ4v) is 2.41. The highest BCUT2D eigenvalue weighted by Gasteiger charge is 2.25. The number of hydrogen-bond acceptors (Lipinski definition) is 3. The third-order valence-electron chi connectivity index (χ3n) is 3.26. The Labute approximate surface area is 92.4 Å². The summed E-state index contributed by atoms with van der Waals surface area (Å²) in [4.78, 5) is 4.32. The van der Waals surface area contributed by atoms with E-state index in [2.05, 4.69) is 21.7 Å². The number of hydrogen-bond donors (Lipinski definition) is 0. The van der Waals surface area contributed by atoms with Crippen molar-refractivity contribution in [2.24, 2.45) is 0 Å². The predicted molar refractivity (Wildman–Crippen MR) is 57.6 cm³/mol. The minimum Gasteiger partial charge on any atom is -0.454 e. The highest BCUT2D eigenvalue weighted by atomic mass is 16.7. The van der Waals surface area contributed by atoms with E-state index in [1.807, 2.05) is 13.1 Å². The monoisotopic (exact) mass is 214 g/mol. The fraction of sp³-hybridized carbons (Fsp3) is 0.250. The molecule has 4 nitrogen and oxygen atoms in total. The van der Waals surface area contributed by atoms with E-state index in [-0.39, 0.29) is 0 Å². The Kier molecular flexibility index (Phi) is 1.32. The molecule has 0 unspecified atom stereocenters. The molecule has 16 heavy (non-hydrogen) atoms. The molecule has 0 N–H and O–H groups in total. The second kappa shape index (κ2) is 2.58. The van der Waals surface area contributed by atoms with Gasteiger partial charge in [-0.3, -0.25) is 0 Å². The maximum atomic E-state index is 5.39. The van der Waals surface area contributed by atoms with E-state index in [0.29, 0.717) is 6.79 Å². The molecule has 2 aromatic rings. The molecule has 0 aliphatic carbocycles. The van der Waals surface area contributed by atoms with Crippen LogP contribution in [0.1, 0.15) is 11.4 Å². The van der Waals surface area contributed by atoms with Crippen molar-refractivity contribution in [1.82, 2.24) is 9.55 Å². The van der Waals surface area contributed by atoms with Gasteiger partial charge in [-0.05, 0) is 24.6 Å². The third-order valence-corrected chi connectivity index (χ3v) is 3.26. The van der Waals surface area contributed by atoms with Crippen LogP contribution in [0.15, 0.2) is 18.3 Å². The normalized spacial score (nSPS) is 15.1. The number of imidazole rings is 1. The zero-order valence-electron chi connectivity index (χ0n) is 8.86. The predicted octanol–water partition coefficient (Wildman–Crippen LogP) is 1.95. The van der Waals surface area contributed by atoms with E-state index in [4.69, 9.17) is 9.47 Å². The summed E-state index contributed by atoms with van der Waals surface area (Å²) >= 11 is 0. The van der Waals surface area contributed by atoms with Crippen LogP contribution >= 0.6 is 0 Å². The first kappa shape index (κ1) is 8.21. The molecule has 0 bridgehead atoms. The van der Waals surface area contributed by atoms with Crippen molar-refractivity contribution < 1.29 is 9.47 Å². The number of rotatable bonds is 0. The lowest BCUT2D eigenvalue weighted by Gasteiger charge is -2.00. The molecule has 1 aromatic heterocycles. The summed E-state index contributed by atoms with van der Waals surface area (Å²) in [7, 11) is 0. The van der Waals surface area contributed by atoms with Crippen molar-refractivity contribution in [1.29, 1.82) is 0 Å². The van der Waals surface area contributed by atoms with Crippen LogP contribution in [0.3, 0.4) is 0 Å². The molecule has 4 heteroatoms. The van der Waals surface area contributed by atoms with E-state index < -0.39 is 0 Å². The van der Waals surface area contributed by atoms with Gasteiger partial charge in [0.1, 0.15) is 5.82 Å². The van der Waals surface area contributed by atoms with E-state index in [9.17, 15) is 0 Å². The van der Waals surface area contributed by atoms with E-state index in [1.54, 1.807) is 0 Å². The highest BCUT2D eigenvalue weighted by molar-refractivity contribution is 5.72. The highest BCUT2D eigenvalue weighted by Crippen LogP contribution is 2.42. The maximum Gasteiger partial charge on any atom is 0.231 e. The second-order valence-corrected chi connectivity index (χ2v) is 4.14. The van der Waals surface area contributed by atoms with Crippen LogP contribution < -0.4 is 9.47 Å². The van der Waals surface area contributed by atoms with Gasteiger partial charge in [-0.1, -0.05) is 0 Å². The molecule has 80 valence electrons. The average Bonchev–Trinajstić information content (AvgIpc) is 2.92. The number of nitrogens with zero attached hydrogens (tertiary/aromatic N) is 2. The summed E-state index contributed by atoms with van der Waals surface area (Å²) in [5.41, 5.74) is 3.67. The van der Waals surface area contributed by atoms with Crippen molar-refractivity contribution >= 4 is 0 Å². The second-order valence-electron chi connectivity index (χ2n) is 4.14. The smallest absolute Gasteiger partial charge is 0.231 e. The standard InChI is InChI=1S/C12H10N2O2/c1-7-13-4-10-9-3-12-11(15-6-16-12)2-8(9)5-14(7)10/h2-4H,5-6H2,1H3. The topological polar surface area (TPSA) is 36.3 Å². The first-order chi connectivity index (χ1) is 7.83. The lowest BCUT2D eigenvalue weighted by atomic mass is 10.1. The SMILES string of the molecule is Cc1ncc2n1Cc1cc3c(cc1-2)OCO3. The number of aromatic nitrogens is 2. The number of aryl methyl sites for hydroxylation is 1. The van der Waals surface area contributed by atoms with Crippen molar-refractivity contribution in [3.8, 4) is 22.8 Å². The molecule has 3 heterocycles. The maximum absolute atomic E-state index is 5.39. The van der Waals surface area contributed by atoms with Gasteiger partial charge in [0.2, 0.25) is 6.79 Å². The van der Waals surface area contributed by atoms with Crippen molar-refractivity contribution in [2.45, 2.75) is 13.5 Å². The number of benzene rings is 1. The summed E-state index contributed by atoms with van der Waals surface area (Å²) in [6.45, 7) is 3.24. The van der Waals surface area contributed by atoms with Gasteiger partial charge in [-0.15, -0.1) is 0 Å². The van der Waals surface area contributed by atoms with Crippen molar-refractivity contribution in [3.05, 3.63) is 29.7 Å². The molecule has 2 aliphatic rings. The molecule has 0 saturated carbocycles. The Hall–Kier alpha value is -1.97. The zero-order chi connectivity index (χ0) is 10.7. The Balaban J connectivity index is 1.98. The van der Waals surface area contributed by atoms with Crippen molar-refractivity contribution in [3.63, 3.8) is 0 Å². The Bertz CT molecular complexity index is 601. The van der Waals surface area contributed by atoms with Crippen molar-refractivity contribution in [2.75, 3.05) is 6.79 Å². The van der Waals surface area contributed by atoms with Gasteiger partial charge in [-0.25, -0.2) is 4.98 Å². The molecular formula is C12H10N2O2. The summed E-state index contributed by atoms with van der Waals surface area (Å²) in [6, 6.07) is 4.13. The quantitative estimate of drug-likeness (QED) is 0.574. The Morgan fingerprint density at radius 1 is 1.25 bits per heavy atom. The molecule has 0 saturated heterocycles. The average molecular weight is 214 g/mol. The first-order valence-corrected chi connectivity index (χ1v) is 5.28. The molecular weight excluding hydrogens is 204 g/mol. The molecule has 0 spiro atoms. The lowest BCUT2D eigenvalue weighted by molar-refractivity contribution is 0.174. The minimum atomic E-state index is 0.330. The molecule has 1 aromatic carbocycles. The van der Waals surface area contributed by atoms with Crippen LogP contribution in [0.5, 0.6) is 11.5 Å². The van der Waals surface area contributed by atoms with Gasteiger partial charge in [-0.2, -0.15) is 0 Å². The van der Waals surface area contributed by atoms with Gasteiger partial charge in [0.05, 0.1) is 18.4 Å². The molecule has 2 aliphatic heterocycles. The van der Waals surface area contributed by atoms with E-state index in [0.717, 1.165) is 23.9 Å². The number of ether oxygens (including phenoxy) is 2. The van der Waals surface area contributed by atoms with Gasteiger partial charge in [0.15, 0.2) is 11.5 Å². The Morgan fingerprint density at radius 3 is 2.94 bits per heavy atom. The lowest BCUT2D eigenvalue weighted by Crippen LogP contribution is -1.96. The summed E-state index contributed by atoms with van der Waals surface area (Å²) in [5.74, 6) is 2.74. The van der Waals surface area contributed by atoms with Crippen LogP contribution in [-0.2, 0) is 6.54 Å². The molecule has 0 atom stereocenters. The fourth-order valence-electron chi connectivity index (χ4n) is 2.41. The van der Waals surface area contributed by atoms with E-state index in [1.165, 1.54) is 16.8 Å². The zero-order valence-corrected chi connectivity index (χ0v) is 8.86. The summed E-state index contributed by atoms with van der Waals surface area (Å²) < 4.78 is 13.0.